The van der Waals surface area contributed by atoms with Crippen molar-refractivity contribution >= 4 is 27.0 Å². The Balaban J connectivity index is 1.46. The number of amides is 1. The summed E-state index contributed by atoms with van der Waals surface area (Å²) >= 11 is 0. The summed E-state index contributed by atoms with van der Waals surface area (Å²) in [7, 11) is -0.740. The first kappa shape index (κ1) is 19.1. The van der Waals surface area contributed by atoms with E-state index in [2.05, 4.69) is 15.8 Å². The van der Waals surface area contributed by atoms with Gasteiger partial charge in [-0.2, -0.15) is 0 Å². The fourth-order valence-corrected chi connectivity index (χ4v) is 5.88. The molecule has 1 saturated carbocycles. The van der Waals surface area contributed by atoms with Crippen molar-refractivity contribution < 1.29 is 17.9 Å². The molecule has 30 heavy (non-hydrogen) atoms. The lowest BCUT2D eigenvalue weighted by Crippen LogP contribution is -2.40. The van der Waals surface area contributed by atoms with Gasteiger partial charge in [0.25, 0.3) is 10.0 Å². The minimum atomic E-state index is -4.04. The second kappa shape index (κ2) is 6.84. The highest BCUT2D eigenvalue weighted by atomic mass is 32.2. The predicted molar refractivity (Wildman–Crippen MR) is 112 cm³/mol. The van der Waals surface area contributed by atoms with Crippen molar-refractivity contribution in [2.75, 3.05) is 7.11 Å². The Kier molecular flexibility index (Phi) is 4.36. The number of carbonyl (C=O) groups excluding carboxylic acids is 1. The standard InChI is InChI=1S/C22H23N3O4S/c1-25-12-23-17-7-4-8-19(21(17)25)30(27,28)24-22(26)16-11-15-14(13-5-3-6-13)9-10-18(29-2)20(15)16/h4,7-10,12-13,16H,3,5-6,11H2,1-2H3,(H,24,26). The molecule has 3 aromatic rings. The second-order valence-electron chi connectivity index (χ2n) is 8.08. The van der Waals surface area contributed by atoms with Gasteiger partial charge >= 0.3 is 0 Å². The molecule has 0 bridgehead atoms. The van der Waals surface area contributed by atoms with E-state index in [1.54, 1.807) is 37.2 Å². The molecule has 156 valence electrons. The van der Waals surface area contributed by atoms with Gasteiger partial charge in [0.15, 0.2) is 0 Å². The number of hydrogen-bond acceptors (Lipinski definition) is 5. The Labute approximate surface area is 175 Å². The maximum Gasteiger partial charge on any atom is 0.266 e. The van der Waals surface area contributed by atoms with E-state index >= 15 is 0 Å². The van der Waals surface area contributed by atoms with Crippen molar-refractivity contribution in [3.05, 3.63) is 53.3 Å². The van der Waals surface area contributed by atoms with Crippen LogP contribution in [0.1, 0.15) is 47.8 Å². The minimum Gasteiger partial charge on any atom is -0.496 e. The average molecular weight is 426 g/mol. The van der Waals surface area contributed by atoms with E-state index in [1.807, 2.05) is 6.07 Å². The minimum absolute atomic E-state index is 0.0445. The SMILES string of the molecule is COc1ccc(C2CCC2)c2c1C(C(=O)NS(=O)(=O)c1cccc3ncn(C)c13)C2. The van der Waals surface area contributed by atoms with Gasteiger partial charge in [0, 0.05) is 12.6 Å². The molecular formula is C22H23N3O4S. The van der Waals surface area contributed by atoms with Crippen LogP contribution >= 0.6 is 0 Å². The smallest absolute Gasteiger partial charge is 0.266 e. The molecule has 1 unspecified atom stereocenters. The summed E-state index contributed by atoms with van der Waals surface area (Å²) in [5.74, 6) is 0.131. The molecule has 0 spiro atoms. The maximum atomic E-state index is 13.0. The number of aryl methyl sites for hydroxylation is 1. The molecule has 0 aliphatic heterocycles. The molecule has 0 saturated heterocycles. The molecule has 1 amide bonds. The van der Waals surface area contributed by atoms with Crippen molar-refractivity contribution in [2.45, 2.75) is 42.4 Å². The van der Waals surface area contributed by atoms with Gasteiger partial charge in [0.1, 0.15) is 10.6 Å². The van der Waals surface area contributed by atoms with Crippen LogP contribution in [0, 0.1) is 0 Å². The molecule has 1 atom stereocenters. The number of carbonyl (C=O) groups is 1. The van der Waals surface area contributed by atoms with Gasteiger partial charge in [-0.1, -0.05) is 18.6 Å². The van der Waals surface area contributed by atoms with Gasteiger partial charge in [-0.25, -0.2) is 18.1 Å². The Morgan fingerprint density at radius 2 is 2.03 bits per heavy atom. The molecule has 1 heterocycles. The number of hydrogen-bond donors (Lipinski definition) is 1. The van der Waals surface area contributed by atoms with Crippen LogP contribution in [0.4, 0.5) is 0 Å². The Morgan fingerprint density at radius 1 is 1.23 bits per heavy atom. The highest BCUT2D eigenvalue weighted by Crippen LogP contribution is 2.49. The molecule has 1 N–H and O–H groups in total. The average Bonchev–Trinajstić information content (AvgIpc) is 3.02. The third kappa shape index (κ3) is 2.81. The highest BCUT2D eigenvalue weighted by Gasteiger charge is 2.40. The molecule has 2 aliphatic rings. The Bertz CT molecular complexity index is 1280. The van der Waals surface area contributed by atoms with Crippen LogP contribution < -0.4 is 9.46 Å². The van der Waals surface area contributed by atoms with E-state index in [9.17, 15) is 13.2 Å². The number of ether oxygens (including phenoxy) is 1. The summed E-state index contributed by atoms with van der Waals surface area (Å²) in [6.45, 7) is 0. The lowest BCUT2D eigenvalue weighted by molar-refractivity contribution is -0.121. The van der Waals surface area contributed by atoms with Gasteiger partial charge < -0.3 is 9.30 Å². The number of nitrogens with one attached hydrogen (secondary N) is 1. The van der Waals surface area contributed by atoms with Crippen LogP contribution in [0.15, 0.2) is 41.6 Å². The number of rotatable bonds is 5. The quantitative estimate of drug-likeness (QED) is 0.679. The largest absolute Gasteiger partial charge is 0.496 e. The molecule has 2 aromatic carbocycles. The zero-order valence-electron chi connectivity index (χ0n) is 16.9. The number of aromatic nitrogens is 2. The van der Waals surface area contributed by atoms with E-state index in [0.717, 1.165) is 11.1 Å². The van der Waals surface area contributed by atoms with E-state index in [0.29, 0.717) is 29.1 Å². The lowest BCUT2D eigenvalue weighted by atomic mass is 9.68. The molecule has 7 nitrogen and oxygen atoms in total. The van der Waals surface area contributed by atoms with E-state index in [1.165, 1.54) is 30.9 Å². The number of benzene rings is 2. The Hall–Kier alpha value is -2.87. The van der Waals surface area contributed by atoms with E-state index in [-0.39, 0.29) is 4.90 Å². The van der Waals surface area contributed by atoms with Gasteiger partial charge in [-0.05, 0) is 54.5 Å². The van der Waals surface area contributed by atoms with Gasteiger partial charge in [0.05, 0.1) is 30.4 Å². The van der Waals surface area contributed by atoms with Crippen molar-refractivity contribution in [3.8, 4) is 5.75 Å². The molecular weight excluding hydrogens is 402 g/mol. The summed E-state index contributed by atoms with van der Waals surface area (Å²) in [5, 5.41) is 0. The van der Waals surface area contributed by atoms with Crippen LogP contribution in [-0.4, -0.2) is 31.0 Å². The van der Waals surface area contributed by atoms with Crippen molar-refractivity contribution in [2.24, 2.45) is 7.05 Å². The topological polar surface area (TPSA) is 90.3 Å². The molecule has 8 heteroatoms. The summed E-state index contributed by atoms with van der Waals surface area (Å²) in [5.41, 5.74) is 4.28. The van der Waals surface area contributed by atoms with E-state index < -0.39 is 21.8 Å². The van der Waals surface area contributed by atoms with Crippen LogP contribution in [0.3, 0.4) is 0 Å². The number of imidazole rings is 1. The summed E-state index contributed by atoms with van der Waals surface area (Å²) < 4.78 is 35.5. The summed E-state index contributed by atoms with van der Waals surface area (Å²) in [6.07, 6.45) is 5.65. The molecule has 1 fully saturated rings. The van der Waals surface area contributed by atoms with Gasteiger partial charge in [0.2, 0.25) is 5.91 Å². The Morgan fingerprint density at radius 3 is 2.73 bits per heavy atom. The monoisotopic (exact) mass is 425 g/mol. The molecule has 2 aliphatic carbocycles. The molecule has 5 rings (SSSR count). The van der Waals surface area contributed by atoms with Gasteiger partial charge in [-0.3, -0.25) is 4.79 Å². The van der Waals surface area contributed by atoms with Crippen LogP contribution in [0.25, 0.3) is 11.0 Å². The molecule has 0 radical (unpaired) electrons. The van der Waals surface area contributed by atoms with Crippen molar-refractivity contribution in [1.82, 2.24) is 14.3 Å². The van der Waals surface area contributed by atoms with Crippen LogP contribution in [0.5, 0.6) is 5.75 Å². The first-order valence-corrected chi connectivity index (χ1v) is 11.6. The summed E-state index contributed by atoms with van der Waals surface area (Å²) in [6, 6.07) is 8.85. The van der Waals surface area contributed by atoms with Crippen LogP contribution in [0.2, 0.25) is 0 Å². The number of para-hydroxylation sites is 1. The number of fused-ring (bicyclic) bond motifs is 2. The normalized spacial score (nSPS) is 18.4. The second-order valence-corrected chi connectivity index (χ2v) is 9.73. The lowest BCUT2D eigenvalue weighted by Gasteiger charge is -2.37. The van der Waals surface area contributed by atoms with Crippen molar-refractivity contribution in [1.29, 1.82) is 0 Å². The number of nitrogens with zero attached hydrogens (tertiary/aromatic N) is 2. The maximum absolute atomic E-state index is 13.0. The van der Waals surface area contributed by atoms with E-state index in [4.69, 9.17) is 4.74 Å². The third-order valence-electron chi connectivity index (χ3n) is 6.42. The zero-order valence-corrected chi connectivity index (χ0v) is 17.7. The van der Waals surface area contributed by atoms with Gasteiger partial charge in [-0.15, -0.1) is 0 Å². The fraction of sp³-hybridized carbons (Fsp3) is 0.364. The van der Waals surface area contributed by atoms with Crippen molar-refractivity contribution in [3.63, 3.8) is 0 Å². The summed E-state index contributed by atoms with van der Waals surface area (Å²) in [4.78, 5) is 17.2. The first-order valence-electron chi connectivity index (χ1n) is 10.1. The third-order valence-corrected chi connectivity index (χ3v) is 7.79. The number of methoxy groups -OCH3 is 1. The highest BCUT2D eigenvalue weighted by molar-refractivity contribution is 7.90. The zero-order chi connectivity index (χ0) is 21.0. The predicted octanol–water partition coefficient (Wildman–Crippen LogP) is 2.99. The fourth-order valence-electron chi connectivity index (χ4n) is 4.60. The molecule has 1 aromatic heterocycles. The number of sulfonamides is 1. The van der Waals surface area contributed by atoms with Crippen LogP contribution in [-0.2, 0) is 28.3 Å². The first-order chi connectivity index (χ1) is 14.4.